The van der Waals surface area contributed by atoms with Crippen LogP contribution in [0.2, 0.25) is 0 Å². The molecule has 0 aliphatic carbocycles. The van der Waals surface area contributed by atoms with Crippen LogP contribution in [0.3, 0.4) is 0 Å². The van der Waals surface area contributed by atoms with E-state index < -0.39 is 0 Å². The highest BCUT2D eigenvalue weighted by atomic mass is 19.1. The maximum absolute atomic E-state index is 13.7. The summed E-state index contributed by atoms with van der Waals surface area (Å²) in [6, 6.07) is 17.0. The number of hydrogen-bond donors (Lipinski definition) is 2. The van der Waals surface area contributed by atoms with Crippen LogP contribution in [0.15, 0.2) is 66.9 Å². The zero-order valence-electron chi connectivity index (χ0n) is 14.5. The predicted molar refractivity (Wildman–Crippen MR) is 103 cm³/mol. The molecule has 0 bridgehead atoms. The molecule has 0 aliphatic rings. The Hall–Kier alpha value is -3.41. The van der Waals surface area contributed by atoms with Gasteiger partial charge in [0.25, 0.3) is 5.91 Å². The smallest absolute Gasteiger partial charge is 0.255 e. The van der Waals surface area contributed by atoms with Gasteiger partial charge < -0.3 is 15.5 Å². The molecular formula is C20H19FN4O. The van der Waals surface area contributed by atoms with E-state index in [1.807, 2.05) is 43.3 Å². The van der Waals surface area contributed by atoms with Gasteiger partial charge in [-0.05, 0) is 48.5 Å². The van der Waals surface area contributed by atoms with Crippen LogP contribution in [-0.2, 0) is 0 Å². The first kappa shape index (κ1) is 17.4. The summed E-state index contributed by atoms with van der Waals surface area (Å²) >= 11 is 0. The molecule has 5 nitrogen and oxygen atoms in total. The molecule has 0 saturated carbocycles. The standard InChI is InChI=1S/C20H19FN4O/c1-25(2)16-9-7-15(8-10-16)23-20(26)14-11-12-22-19(13-14)24-18-6-4-3-5-17(18)21/h3-13H,1-2H3,(H,22,24)(H,23,26). The zero-order chi connectivity index (χ0) is 18.5. The molecule has 2 aromatic carbocycles. The number of carbonyl (C=O) groups is 1. The zero-order valence-corrected chi connectivity index (χ0v) is 14.5. The van der Waals surface area contributed by atoms with E-state index in [9.17, 15) is 9.18 Å². The van der Waals surface area contributed by atoms with Gasteiger partial charge in [0.1, 0.15) is 11.6 Å². The van der Waals surface area contributed by atoms with Crippen molar-refractivity contribution in [2.75, 3.05) is 29.6 Å². The van der Waals surface area contributed by atoms with Gasteiger partial charge in [-0.1, -0.05) is 12.1 Å². The lowest BCUT2D eigenvalue weighted by molar-refractivity contribution is 0.102. The van der Waals surface area contributed by atoms with E-state index in [1.165, 1.54) is 12.3 Å². The lowest BCUT2D eigenvalue weighted by Crippen LogP contribution is -2.13. The molecule has 2 N–H and O–H groups in total. The van der Waals surface area contributed by atoms with Crippen LogP contribution in [0, 0.1) is 5.82 Å². The molecule has 0 fully saturated rings. The Kier molecular flexibility index (Phi) is 5.12. The summed E-state index contributed by atoms with van der Waals surface area (Å²) < 4.78 is 13.7. The molecule has 132 valence electrons. The SMILES string of the molecule is CN(C)c1ccc(NC(=O)c2ccnc(Nc3ccccc3F)c2)cc1. The first-order valence-electron chi connectivity index (χ1n) is 8.09. The maximum atomic E-state index is 13.7. The molecule has 0 radical (unpaired) electrons. The average molecular weight is 350 g/mol. The number of aromatic nitrogens is 1. The second-order valence-electron chi connectivity index (χ2n) is 5.93. The van der Waals surface area contributed by atoms with Crippen molar-refractivity contribution in [3.8, 4) is 0 Å². The van der Waals surface area contributed by atoms with E-state index in [2.05, 4.69) is 15.6 Å². The summed E-state index contributed by atoms with van der Waals surface area (Å²) in [5.41, 5.74) is 2.47. The van der Waals surface area contributed by atoms with Gasteiger partial charge in [0.05, 0.1) is 5.69 Å². The Labute approximate surface area is 151 Å². The fourth-order valence-corrected chi connectivity index (χ4v) is 2.39. The number of nitrogens with zero attached hydrogens (tertiary/aromatic N) is 2. The number of pyridine rings is 1. The number of para-hydroxylation sites is 1. The highest BCUT2D eigenvalue weighted by Gasteiger charge is 2.09. The number of carbonyl (C=O) groups excluding carboxylic acids is 1. The van der Waals surface area contributed by atoms with E-state index in [4.69, 9.17) is 0 Å². The molecule has 26 heavy (non-hydrogen) atoms. The molecule has 3 rings (SSSR count). The Morgan fingerprint density at radius 1 is 1.04 bits per heavy atom. The minimum atomic E-state index is -0.384. The third-order valence-corrected chi connectivity index (χ3v) is 3.80. The van der Waals surface area contributed by atoms with Crippen LogP contribution in [-0.4, -0.2) is 25.0 Å². The predicted octanol–water partition coefficient (Wildman–Crippen LogP) is 4.28. The van der Waals surface area contributed by atoms with Gasteiger partial charge in [-0.15, -0.1) is 0 Å². The van der Waals surface area contributed by atoms with Crippen molar-refractivity contribution < 1.29 is 9.18 Å². The van der Waals surface area contributed by atoms with Gasteiger partial charge in [0.2, 0.25) is 0 Å². The first-order chi connectivity index (χ1) is 12.5. The summed E-state index contributed by atoms with van der Waals surface area (Å²) in [6.45, 7) is 0. The molecule has 1 amide bonds. The largest absolute Gasteiger partial charge is 0.378 e. The lowest BCUT2D eigenvalue weighted by Gasteiger charge is -2.13. The highest BCUT2D eigenvalue weighted by Crippen LogP contribution is 2.20. The van der Waals surface area contributed by atoms with E-state index in [0.717, 1.165) is 5.69 Å². The molecule has 0 aliphatic heterocycles. The fraction of sp³-hybridized carbons (Fsp3) is 0.100. The number of amides is 1. The molecule has 3 aromatic rings. The van der Waals surface area contributed by atoms with Gasteiger partial charge in [-0.25, -0.2) is 9.37 Å². The van der Waals surface area contributed by atoms with Crippen molar-refractivity contribution in [2.45, 2.75) is 0 Å². The Bertz CT molecular complexity index is 910. The van der Waals surface area contributed by atoms with Crippen LogP contribution in [0.1, 0.15) is 10.4 Å². The fourth-order valence-electron chi connectivity index (χ4n) is 2.39. The molecule has 6 heteroatoms. The second-order valence-corrected chi connectivity index (χ2v) is 5.93. The number of halogens is 1. The van der Waals surface area contributed by atoms with Crippen LogP contribution in [0.4, 0.5) is 27.3 Å². The summed E-state index contributed by atoms with van der Waals surface area (Å²) in [5.74, 6) is -0.252. The molecule has 0 atom stereocenters. The van der Waals surface area contributed by atoms with Crippen LogP contribution < -0.4 is 15.5 Å². The molecular weight excluding hydrogens is 331 g/mol. The van der Waals surface area contributed by atoms with E-state index >= 15 is 0 Å². The molecule has 0 unspecified atom stereocenters. The monoisotopic (exact) mass is 350 g/mol. The average Bonchev–Trinajstić information content (AvgIpc) is 2.64. The van der Waals surface area contributed by atoms with Gasteiger partial charge in [0, 0.05) is 37.2 Å². The first-order valence-corrected chi connectivity index (χ1v) is 8.09. The topological polar surface area (TPSA) is 57.3 Å². The third-order valence-electron chi connectivity index (χ3n) is 3.80. The number of nitrogens with one attached hydrogen (secondary N) is 2. The van der Waals surface area contributed by atoms with Crippen molar-refractivity contribution in [1.82, 2.24) is 4.98 Å². The minimum absolute atomic E-state index is 0.262. The van der Waals surface area contributed by atoms with Crippen molar-refractivity contribution in [3.63, 3.8) is 0 Å². The van der Waals surface area contributed by atoms with Crippen molar-refractivity contribution in [1.29, 1.82) is 0 Å². The summed E-state index contributed by atoms with van der Waals surface area (Å²) in [5, 5.41) is 5.72. The number of hydrogen-bond acceptors (Lipinski definition) is 4. The summed E-state index contributed by atoms with van der Waals surface area (Å²) in [6.07, 6.45) is 1.51. The Morgan fingerprint density at radius 3 is 2.46 bits per heavy atom. The Morgan fingerprint density at radius 2 is 1.77 bits per heavy atom. The maximum Gasteiger partial charge on any atom is 0.255 e. The van der Waals surface area contributed by atoms with Crippen molar-refractivity contribution >= 4 is 28.8 Å². The number of anilines is 4. The molecule has 0 spiro atoms. The molecule has 1 heterocycles. The minimum Gasteiger partial charge on any atom is -0.378 e. The second kappa shape index (κ2) is 7.65. The van der Waals surface area contributed by atoms with Gasteiger partial charge >= 0.3 is 0 Å². The normalized spacial score (nSPS) is 10.3. The summed E-state index contributed by atoms with van der Waals surface area (Å²) in [4.78, 5) is 18.6. The highest BCUT2D eigenvalue weighted by molar-refractivity contribution is 6.04. The third kappa shape index (κ3) is 4.16. The quantitative estimate of drug-likeness (QED) is 0.721. The van der Waals surface area contributed by atoms with Gasteiger partial charge in [0.15, 0.2) is 0 Å². The van der Waals surface area contributed by atoms with E-state index in [1.54, 1.807) is 30.3 Å². The molecule has 0 saturated heterocycles. The summed E-state index contributed by atoms with van der Waals surface area (Å²) in [7, 11) is 3.91. The Balaban J connectivity index is 1.73. The van der Waals surface area contributed by atoms with Gasteiger partial charge in [-0.3, -0.25) is 4.79 Å². The van der Waals surface area contributed by atoms with Crippen molar-refractivity contribution in [2.24, 2.45) is 0 Å². The molecule has 1 aromatic heterocycles. The number of rotatable bonds is 5. The van der Waals surface area contributed by atoms with Gasteiger partial charge in [-0.2, -0.15) is 0 Å². The van der Waals surface area contributed by atoms with Crippen LogP contribution >= 0.6 is 0 Å². The number of benzene rings is 2. The van der Waals surface area contributed by atoms with E-state index in [0.29, 0.717) is 22.8 Å². The van der Waals surface area contributed by atoms with Crippen LogP contribution in [0.5, 0.6) is 0 Å². The van der Waals surface area contributed by atoms with Crippen LogP contribution in [0.25, 0.3) is 0 Å². The lowest BCUT2D eigenvalue weighted by atomic mass is 10.2. The van der Waals surface area contributed by atoms with E-state index in [-0.39, 0.29) is 11.7 Å². The van der Waals surface area contributed by atoms with Crippen molar-refractivity contribution in [3.05, 3.63) is 78.2 Å².